The van der Waals surface area contributed by atoms with Crippen molar-refractivity contribution in [1.29, 1.82) is 0 Å². The third-order valence-corrected chi connectivity index (χ3v) is 3.77. The molecule has 0 aliphatic carbocycles. The first-order valence-electron chi connectivity index (χ1n) is 8.15. The molecule has 3 heterocycles. The second-order valence-corrected chi connectivity index (χ2v) is 5.63. The maximum absolute atomic E-state index is 11.9. The minimum atomic E-state index is -0.212. The average Bonchev–Trinajstić information content (AvgIpc) is 3.13. The molecule has 0 aromatic carbocycles. The Bertz CT molecular complexity index is 687. The summed E-state index contributed by atoms with van der Waals surface area (Å²) in [5.41, 5.74) is 0.395. The van der Waals surface area contributed by atoms with Gasteiger partial charge in [0.15, 0.2) is 0 Å². The molecule has 1 amide bonds. The molecule has 7 heteroatoms. The molecule has 7 nitrogen and oxygen atoms in total. The van der Waals surface area contributed by atoms with Gasteiger partial charge in [0.25, 0.3) is 5.91 Å². The van der Waals surface area contributed by atoms with Crippen LogP contribution in [0.5, 0.6) is 5.88 Å². The van der Waals surface area contributed by atoms with Crippen molar-refractivity contribution in [3.8, 4) is 5.88 Å². The molecule has 0 bridgehead atoms. The largest absolute Gasteiger partial charge is 0.476 e. The highest BCUT2D eigenvalue weighted by Crippen LogP contribution is 2.21. The summed E-state index contributed by atoms with van der Waals surface area (Å²) in [5.74, 6) is 1.92. The number of hydrogen-bond acceptors (Lipinski definition) is 6. The zero-order valence-electron chi connectivity index (χ0n) is 13.7. The molecule has 1 saturated heterocycles. The Labute approximate surface area is 141 Å². The number of pyridine rings is 1. The Balaban J connectivity index is 1.50. The Morgan fingerprint density at radius 1 is 1.29 bits per heavy atom. The fourth-order valence-electron chi connectivity index (χ4n) is 2.62. The quantitative estimate of drug-likeness (QED) is 0.812. The Hall–Kier alpha value is -2.70. The molecule has 2 aromatic heterocycles. The van der Waals surface area contributed by atoms with E-state index in [4.69, 9.17) is 4.74 Å². The normalized spacial score (nSPS) is 13.8. The van der Waals surface area contributed by atoms with Gasteiger partial charge in [-0.3, -0.25) is 9.78 Å². The van der Waals surface area contributed by atoms with Crippen LogP contribution in [0.2, 0.25) is 0 Å². The minimum Gasteiger partial charge on any atom is -0.476 e. The first-order chi connectivity index (χ1) is 11.7. The van der Waals surface area contributed by atoms with E-state index >= 15 is 0 Å². The van der Waals surface area contributed by atoms with E-state index in [0.717, 1.165) is 18.9 Å². The van der Waals surface area contributed by atoms with Crippen molar-refractivity contribution in [3.05, 3.63) is 42.0 Å². The van der Waals surface area contributed by atoms with Crippen LogP contribution in [0.15, 0.2) is 30.5 Å². The van der Waals surface area contributed by atoms with Gasteiger partial charge < -0.3 is 15.0 Å². The number of carbonyl (C=O) groups excluding carboxylic acids is 1. The molecule has 1 N–H and O–H groups in total. The van der Waals surface area contributed by atoms with Gasteiger partial charge in [0, 0.05) is 25.4 Å². The molecule has 3 rings (SSSR count). The topological polar surface area (TPSA) is 80.2 Å². The van der Waals surface area contributed by atoms with E-state index in [1.165, 1.54) is 12.8 Å². The number of anilines is 1. The van der Waals surface area contributed by atoms with Crippen LogP contribution in [0, 0.1) is 6.92 Å². The molecule has 0 atom stereocenters. The zero-order chi connectivity index (χ0) is 16.8. The third kappa shape index (κ3) is 4.18. The van der Waals surface area contributed by atoms with Crippen LogP contribution < -0.4 is 15.0 Å². The molecular weight excluding hydrogens is 306 g/mol. The highest BCUT2D eigenvalue weighted by molar-refractivity contribution is 5.92. The summed E-state index contributed by atoms with van der Waals surface area (Å²) in [6.45, 7) is 4.63. The molecule has 0 saturated carbocycles. The van der Waals surface area contributed by atoms with E-state index in [1.54, 1.807) is 24.4 Å². The maximum Gasteiger partial charge on any atom is 0.269 e. The van der Waals surface area contributed by atoms with Crippen LogP contribution in [0.1, 0.15) is 29.2 Å². The fraction of sp³-hybridized carbons (Fsp3) is 0.412. The van der Waals surface area contributed by atoms with E-state index in [0.29, 0.717) is 30.5 Å². The Morgan fingerprint density at radius 3 is 2.88 bits per heavy atom. The van der Waals surface area contributed by atoms with Crippen molar-refractivity contribution in [2.24, 2.45) is 0 Å². The lowest BCUT2D eigenvalue weighted by Gasteiger charge is -2.17. The molecule has 1 aliphatic rings. The van der Waals surface area contributed by atoms with Crippen molar-refractivity contribution >= 4 is 11.7 Å². The molecule has 24 heavy (non-hydrogen) atoms. The van der Waals surface area contributed by atoms with E-state index in [9.17, 15) is 4.79 Å². The number of ether oxygens (including phenoxy) is 1. The van der Waals surface area contributed by atoms with Gasteiger partial charge in [-0.25, -0.2) is 4.98 Å². The average molecular weight is 327 g/mol. The highest BCUT2D eigenvalue weighted by Gasteiger charge is 2.15. The van der Waals surface area contributed by atoms with Gasteiger partial charge in [-0.2, -0.15) is 4.98 Å². The summed E-state index contributed by atoms with van der Waals surface area (Å²) < 4.78 is 5.66. The predicted octanol–water partition coefficient (Wildman–Crippen LogP) is 1.59. The molecule has 0 unspecified atom stereocenters. The van der Waals surface area contributed by atoms with E-state index in [2.05, 4.69) is 25.2 Å². The number of nitrogens with one attached hydrogen (secondary N) is 1. The maximum atomic E-state index is 11.9. The molecule has 0 spiro atoms. The van der Waals surface area contributed by atoms with Crippen molar-refractivity contribution in [2.75, 3.05) is 31.1 Å². The Kier molecular flexibility index (Phi) is 5.20. The van der Waals surface area contributed by atoms with Gasteiger partial charge in [-0.1, -0.05) is 6.07 Å². The van der Waals surface area contributed by atoms with Crippen molar-refractivity contribution < 1.29 is 9.53 Å². The number of amides is 1. The van der Waals surface area contributed by atoms with Crippen LogP contribution in [0.3, 0.4) is 0 Å². The summed E-state index contributed by atoms with van der Waals surface area (Å²) >= 11 is 0. The minimum absolute atomic E-state index is 0.212. The molecule has 2 aromatic rings. The van der Waals surface area contributed by atoms with Gasteiger partial charge in [0.1, 0.15) is 23.9 Å². The first kappa shape index (κ1) is 16.2. The SMILES string of the molecule is Cc1nc(OCCNC(=O)c2ccccn2)cc(N2CCCC2)n1. The lowest BCUT2D eigenvalue weighted by Crippen LogP contribution is -2.28. The van der Waals surface area contributed by atoms with Crippen LogP contribution in [0.25, 0.3) is 0 Å². The van der Waals surface area contributed by atoms with Gasteiger partial charge in [-0.15, -0.1) is 0 Å². The Morgan fingerprint density at radius 2 is 2.12 bits per heavy atom. The highest BCUT2D eigenvalue weighted by atomic mass is 16.5. The van der Waals surface area contributed by atoms with Gasteiger partial charge in [0.2, 0.25) is 5.88 Å². The van der Waals surface area contributed by atoms with Crippen LogP contribution in [-0.2, 0) is 0 Å². The van der Waals surface area contributed by atoms with Gasteiger partial charge in [0.05, 0.1) is 6.54 Å². The molecule has 1 fully saturated rings. The smallest absolute Gasteiger partial charge is 0.269 e. The summed E-state index contributed by atoms with van der Waals surface area (Å²) in [5, 5.41) is 2.77. The first-order valence-corrected chi connectivity index (χ1v) is 8.15. The molecular formula is C17H21N5O2. The number of hydrogen-bond donors (Lipinski definition) is 1. The fourth-order valence-corrected chi connectivity index (χ4v) is 2.62. The third-order valence-electron chi connectivity index (χ3n) is 3.77. The number of nitrogens with zero attached hydrogens (tertiary/aromatic N) is 4. The summed E-state index contributed by atoms with van der Waals surface area (Å²) in [7, 11) is 0. The van der Waals surface area contributed by atoms with Gasteiger partial charge >= 0.3 is 0 Å². The second-order valence-electron chi connectivity index (χ2n) is 5.63. The standard InChI is InChI=1S/C17H21N5O2/c1-13-20-15(22-9-4-5-10-22)12-16(21-13)24-11-8-19-17(23)14-6-2-3-7-18-14/h2-3,6-7,12H,4-5,8-11H2,1H3,(H,19,23). The van der Waals surface area contributed by atoms with Gasteiger partial charge in [-0.05, 0) is 31.9 Å². The monoisotopic (exact) mass is 327 g/mol. The van der Waals surface area contributed by atoms with Crippen molar-refractivity contribution in [1.82, 2.24) is 20.3 Å². The van der Waals surface area contributed by atoms with E-state index in [-0.39, 0.29) is 5.91 Å². The molecule has 0 radical (unpaired) electrons. The number of rotatable bonds is 6. The summed E-state index contributed by atoms with van der Waals surface area (Å²) in [6, 6.07) is 7.09. The van der Waals surface area contributed by atoms with Crippen molar-refractivity contribution in [2.45, 2.75) is 19.8 Å². The summed E-state index contributed by atoms with van der Waals surface area (Å²) in [6.07, 6.45) is 3.98. The second kappa shape index (κ2) is 7.72. The van der Waals surface area contributed by atoms with E-state index < -0.39 is 0 Å². The van der Waals surface area contributed by atoms with Crippen LogP contribution in [-0.4, -0.2) is 47.1 Å². The lowest BCUT2D eigenvalue weighted by molar-refractivity contribution is 0.0941. The number of aromatic nitrogens is 3. The molecule has 126 valence electrons. The molecule has 1 aliphatic heterocycles. The van der Waals surface area contributed by atoms with E-state index in [1.807, 2.05) is 13.0 Å². The van der Waals surface area contributed by atoms with Crippen LogP contribution in [0.4, 0.5) is 5.82 Å². The van der Waals surface area contributed by atoms with Crippen molar-refractivity contribution in [3.63, 3.8) is 0 Å². The van der Waals surface area contributed by atoms with Crippen LogP contribution >= 0.6 is 0 Å². The number of aryl methyl sites for hydroxylation is 1. The zero-order valence-corrected chi connectivity index (χ0v) is 13.7. The number of carbonyl (C=O) groups is 1. The summed E-state index contributed by atoms with van der Waals surface area (Å²) in [4.78, 5) is 26.9. The lowest BCUT2D eigenvalue weighted by atomic mass is 10.3. The predicted molar refractivity (Wildman–Crippen MR) is 90.3 cm³/mol.